The van der Waals surface area contributed by atoms with Gasteiger partial charge in [-0.3, -0.25) is 4.99 Å². The van der Waals surface area contributed by atoms with Gasteiger partial charge in [-0.1, -0.05) is 69.3 Å². The Morgan fingerprint density at radius 2 is 1.54 bits per heavy atom. The molecule has 146 valence electrons. The Balaban J connectivity index is 2.29. The van der Waals surface area contributed by atoms with Gasteiger partial charge in [-0.15, -0.1) is 0 Å². The number of nitrogens with zero attached hydrogens (tertiary/aromatic N) is 2. The molecule has 0 aliphatic rings. The zero-order chi connectivity index (χ0) is 20.8. The molecule has 0 spiro atoms. The summed E-state index contributed by atoms with van der Waals surface area (Å²) in [5, 5.41) is 9.72. The van der Waals surface area contributed by atoms with Crippen molar-refractivity contribution in [3.63, 3.8) is 0 Å². The molecule has 28 heavy (non-hydrogen) atoms. The predicted octanol–water partition coefficient (Wildman–Crippen LogP) is 5.57. The van der Waals surface area contributed by atoms with Crippen LogP contribution in [0, 0.1) is 16.7 Å². The van der Waals surface area contributed by atoms with Gasteiger partial charge in [-0.05, 0) is 37.3 Å². The van der Waals surface area contributed by atoms with E-state index in [0.29, 0.717) is 11.1 Å². The van der Waals surface area contributed by atoms with E-state index in [1.807, 2.05) is 44.2 Å². The van der Waals surface area contributed by atoms with Gasteiger partial charge in [0, 0.05) is 5.56 Å². The van der Waals surface area contributed by atoms with Gasteiger partial charge >= 0.3 is 5.97 Å². The number of rotatable bonds is 6. The molecule has 0 saturated heterocycles. The third kappa shape index (κ3) is 6.35. The SMILES string of the molecule is CC(C)(C)CC(C)(C)N=C(C#N)c1ccccc1C(=O)OCc1ccccc1. The fourth-order valence-corrected chi connectivity index (χ4v) is 3.45. The van der Waals surface area contributed by atoms with Crippen molar-refractivity contribution in [1.29, 1.82) is 5.26 Å². The van der Waals surface area contributed by atoms with Crippen molar-refractivity contribution >= 4 is 11.7 Å². The van der Waals surface area contributed by atoms with Crippen LogP contribution in [0.3, 0.4) is 0 Å². The van der Waals surface area contributed by atoms with E-state index in [9.17, 15) is 10.1 Å². The van der Waals surface area contributed by atoms with Gasteiger partial charge < -0.3 is 4.74 Å². The van der Waals surface area contributed by atoms with Crippen LogP contribution < -0.4 is 0 Å². The van der Waals surface area contributed by atoms with Crippen molar-refractivity contribution in [2.45, 2.75) is 53.2 Å². The second-order valence-electron chi connectivity index (χ2n) is 8.73. The number of hydrogen-bond acceptors (Lipinski definition) is 4. The molecule has 0 bridgehead atoms. The molecule has 0 atom stereocenters. The molecular formula is C24H28N2O2. The third-order valence-corrected chi connectivity index (χ3v) is 4.10. The summed E-state index contributed by atoms with van der Waals surface area (Å²) in [5.74, 6) is -0.462. The zero-order valence-corrected chi connectivity index (χ0v) is 17.3. The first-order chi connectivity index (χ1) is 13.1. The average molecular weight is 377 g/mol. The summed E-state index contributed by atoms with van der Waals surface area (Å²) in [6.07, 6.45) is 0.811. The van der Waals surface area contributed by atoms with E-state index in [1.54, 1.807) is 24.3 Å². The quantitative estimate of drug-likeness (QED) is 0.489. The molecule has 0 unspecified atom stereocenters. The highest BCUT2D eigenvalue weighted by atomic mass is 16.5. The molecule has 2 aromatic carbocycles. The number of carbonyl (C=O) groups is 1. The van der Waals surface area contributed by atoms with E-state index < -0.39 is 11.5 Å². The first kappa shape index (κ1) is 21.4. The molecule has 0 saturated carbocycles. The van der Waals surface area contributed by atoms with Crippen molar-refractivity contribution in [1.82, 2.24) is 0 Å². The molecule has 0 N–H and O–H groups in total. The van der Waals surface area contributed by atoms with Crippen LogP contribution in [0.1, 0.15) is 62.5 Å². The zero-order valence-electron chi connectivity index (χ0n) is 17.3. The largest absolute Gasteiger partial charge is 0.457 e. The first-order valence-corrected chi connectivity index (χ1v) is 9.42. The summed E-state index contributed by atoms with van der Waals surface area (Å²) in [6, 6.07) is 18.7. The summed E-state index contributed by atoms with van der Waals surface area (Å²) >= 11 is 0. The Morgan fingerprint density at radius 3 is 2.11 bits per heavy atom. The van der Waals surface area contributed by atoms with Crippen molar-refractivity contribution in [3.8, 4) is 6.07 Å². The summed E-state index contributed by atoms with van der Waals surface area (Å²) in [7, 11) is 0. The lowest BCUT2D eigenvalue weighted by atomic mass is 9.82. The van der Waals surface area contributed by atoms with Gasteiger partial charge in [0.1, 0.15) is 18.4 Å². The fourth-order valence-electron chi connectivity index (χ4n) is 3.45. The summed E-state index contributed by atoms with van der Waals surface area (Å²) in [4.78, 5) is 17.4. The maximum absolute atomic E-state index is 12.7. The summed E-state index contributed by atoms with van der Waals surface area (Å²) in [5.41, 5.74) is 1.66. The smallest absolute Gasteiger partial charge is 0.339 e. The fraction of sp³-hybridized carbons (Fsp3) is 0.375. The van der Waals surface area contributed by atoms with E-state index in [0.717, 1.165) is 12.0 Å². The van der Waals surface area contributed by atoms with Crippen molar-refractivity contribution in [3.05, 3.63) is 71.3 Å². The Hall–Kier alpha value is -2.93. The van der Waals surface area contributed by atoms with Crippen LogP contribution >= 0.6 is 0 Å². The predicted molar refractivity (Wildman–Crippen MR) is 112 cm³/mol. The van der Waals surface area contributed by atoms with Crippen LogP contribution in [-0.2, 0) is 11.3 Å². The normalized spacial score (nSPS) is 12.4. The van der Waals surface area contributed by atoms with Gasteiger partial charge in [0.25, 0.3) is 0 Å². The number of benzene rings is 2. The number of esters is 1. The number of nitriles is 1. The van der Waals surface area contributed by atoms with Gasteiger partial charge in [0.2, 0.25) is 0 Å². The molecular weight excluding hydrogens is 348 g/mol. The molecule has 0 aliphatic heterocycles. The number of ether oxygens (including phenoxy) is 1. The lowest BCUT2D eigenvalue weighted by Gasteiger charge is -2.29. The molecule has 0 aromatic heterocycles. The van der Waals surface area contributed by atoms with Crippen molar-refractivity contribution < 1.29 is 9.53 Å². The number of hydrogen-bond donors (Lipinski definition) is 0. The number of aliphatic imine (C=N–C) groups is 1. The Bertz CT molecular complexity index is 885. The molecule has 0 radical (unpaired) electrons. The molecule has 2 aromatic rings. The molecule has 0 fully saturated rings. The van der Waals surface area contributed by atoms with E-state index in [4.69, 9.17) is 9.73 Å². The third-order valence-electron chi connectivity index (χ3n) is 4.10. The topological polar surface area (TPSA) is 62.5 Å². The minimum Gasteiger partial charge on any atom is -0.457 e. The number of carbonyl (C=O) groups excluding carboxylic acids is 1. The summed E-state index contributed by atoms with van der Waals surface area (Å²) < 4.78 is 5.46. The van der Waals surface area contributed by atoms with E-state index in [-0.39, 0.29) is 17.7 Å². The van der Waals surface area contributed by atoms with E-state index >= 15 is 0 Å². The molecule has 2 rings (SSSR count). The maximum Gasteiger partial charge on any atom is 0.339 e. The second-order valence-corrected chi connectivity index (χ2v) is 8.73. The summed E-state index contributed by atoms with van der Waals surface area (Å²) in [6.45, 7) is 10.6. The first-order valence-electron chi connectivity index (χ1n) is 9.42. The highest BCUT2D eigenvalue weighted by Crippen LogP contribution is 2.30. The minimum atomic E-state index is -0.462. The van der Waals surface area contributed by atoms with Crippen LogP contribution in [0.25, 0.3) is 0 Å². The molecule has 4 heteroatoms. The Labute approximate surface area is 167 Å². The van der Waals surface area contributed by atoms with Crippen molar-refractivity contribution in [2.75, 3.05) is 0 Å². The Morgan fingerprint density at radius 1 is 0.964 bits per heavy atom. The van der Waals surface area contributed by atoms with Gasteiger partial charge in [0.05, 0.1) is 11.1 Å². The monoisotopic (exact) mass is 376 g/mol. The Kier molecular flexibility index (Phi) is 6.75. The minimum absolute atomic E-state index is 0.0711. The highest BCUT2D eigenvalue weighted by Gasteiger charge is 2.26. The average Bonchev–Trinajstić information content (AvgIpc) is 2.63. The van der Waals surface area contributed by atoms with Gasteiger partial charge in [-0.2, -0.15) is 5.26 Å². The van der Waals surface area contributed by atoms with Crippen LogP contribution in [0.15, 0.2) is 59.6 Å². The second kappa shape index (κ2) is 8.84. The molecule has 0 aliphatic carbocycles. The molecule has 0 amide bonds. The van der Waals surface area contributed by atoms with Gasteiger partial charge in [0.15, 0.2) is 0 Å². The maximum atomic E-state index is 12.7. The van der Waals surface area contributed by atoms with Crippen LogP contribution in [0.4, 0.5) is 0 Å². The van der Waals surface area contributed by atoms with Gasteiger partial charge in [-0.25, -0.2) is 4.79 Å². The highest BCUT2D eigenvalue weighted by molar-refractivity contribution is 6.16. The molecule has 4 nitrogen and oxygen atoms in total. The van der Waals surface area contributed by atoms with E-state index in [2.05, 4.69) is 26.8 Å². The van der Waals surface area contributed by atoms with Crippen LogP contribution in [-0.4, -0.2) is 17.2 Å². The van der Waals surface area contributed by atoms with Crippen LogP contribution in [0.5, 0.6) is 0 Å². The van der Waals surface area contributed by atoms with Crippen molar-refractivity contribution in [2.24, 2.45) is 10.4 Å². The molecule has 0 heterocycles. The lowest BCUT2D eigenvalue weighted by molar-refractivity contribution is 0.0472. The van der Waals surface area contributed by atoms with Crippen LogP contribution in [0.2, 0.25) is 0 Å². The van der Waals surface area contributed by atoms with E-state index in [1.165, 1.54) is 0 Å². The lowest BCUT2D eigenvalue weighted by Crippen LogP contribution is -2.27. The standard InChI is InChI=1S/C24H28N2O2/c1-23(2,3)17-24(4,5)26-21(15-25)19-13-9-10-14-20(19)22(27)28-16-18-11-7-6-8-12-18/h6-14H,16-17H2,1-5H3.